The predicted octanol–water partition coefficient (Wildman–Crippen LogP) is 3.38. The molecule has 0 bridgehead atoms. The molecule has 0 saturated carbocycles. The number of hydrogen-bond donors (Lipinski definition) is 0. The van der Waals surface area contributed by atoms with E-state index in [0.29, 0.717) is 40.5 Å². The van der Waals surface area contributed by atoms with Gasteiger partial charge in [-0.05, 0) is 50.8 Å². The Balaban J connectivity index is 1.92. The predicted molar refractivity (Wildman–Crippen MR) is 101 cm³/mol. The van der Waals surface area contributed by atoms with Gasteiger partial charge < -0.3 is 4.57 Å². The molecule has 2 aliphatic rings. The molecule has 0 unspecified atom stereocenters. The number of carbonyl (C=O) groups excluding carboxylic acids is 2. The zero-order valence-electron chi connectivity index (χ0n) is 15.0. The Kier molecular flexibility index (Phi) is 4.06. The highest BCUT2D eigenvalue weighted by Gasteiger charge is 2.40. The molecule has 1 aromatic heterocycles. The average Bonchev–Trinajstić information content (AvgIpc) is 2.90. The summed E-state index contributed by atoms with van der Waals surface area (Å²) in [6, 6.07) is 4.30. The smallest absolute Gasteiger partial charge is 0.261 e. The van der Waals surface area contributed by atoms with Gasteiger partial charge in [-0.1, -0.05) is 6.08 Å². The molecule has 0 radical (unpaired) electrons. The third-order valence-corrected chi connectivity index (χ3v) is 5.28. The fourth-order valence-electron chi connectivity index (χ4n) is 3.97. The SMILES string of the molecule is C=CCn1c(=O)c(C)cc2cc(F)c(N3C(=O)C4=C(CCCC4)C3=O)cc21. The molecule has 0 saturated heterocycles. The van der Waals surface area contributed by atoms with E-state index in [2.05, 4.69) is 6.58 Å². The minimum Gasteiger partial charge on any atom is -0.304 e. The zero-order chi connectivity index (χ0) is 19.3. The van der Waals surface area contributed by atoms with Crippen molar-refractivity contribution in [3.05, 3.63) is 63.7 Å². The van der Waals surface area contributed by atoms with Crippen molar-refractivity contribution >= 4 is 28.4 Å². The normalized spacial score (nSPS) is 17.0. The molecule has 6 heteroatoms. The Morgan fingerprint density at radius 2 is 1.70 bits per heavy atom. The third-order valence-electron chi connectivity index (χ3n) is 5.28. The van der Waals surface area contributed by atoms with Gasteiger partial charge in [0.1, 0.15) is 5.82 Å². The summed E-state index contributed by atoms with van der Waals surface area (Å²) in [6.07, 6.45) is 4.38. The van der Waals surface area contributed by atoms with Crippen LogP contribution in [-0.2, 0) is 16.1 Å². The summed E-state index contributed by atoms with van der Waals surface area (Å²) < 4.78 is 16.3. The number of pyridine rings is 1. The summed E-state index contributed by atoms with van der Waals surface area (Å²) in [6.45, 7) is 5.58. The molecule has 2 aromatic rings. The summed E-state index contributed by atoms with van der Waals surface area (Å²) in [5.41, 5.74) is 1.63. The van der Waals surface area contributed by atoms with E-state index in [1.54, 1.807) is 19.1 Å². The van der Waals surface area contributed by atoms with Crippen LogP contribution in [0.15, 0.2) is 46.8 Å². The first-order valence-corrected chi connectivity index (χ1v) is 8.99. The van der Waals surface area contributed by atoms with Crippen LogP contribution >= 0.6 is 0 Å². The van der Waals surface area contributed by atoms with Crippen molar-refractivity contribution in [3.8, 4) is 0 Å². The number of fused-ring (bicyclic) bond motifs is 1. The van der Waals surface area contributed by atoms with Crippen molar-refractivity contribution in [3.63, 3.8) is 0 Å². The van der Waals surface area contributed by atoms with Gasteiger partial charge in [0.25, 0.3) is 17.4 Å². The number of nitrogens with zero attached hydrogens (tertiary/aromatic N) is 2. The highest BCUT2D eigenvalue weighted by molar-refractivity contribution is 6.33. The largest absolute Gasteiger partial charge is 0.304 e. The first kappa shape index (κ1) is 17.4. The Bertz CT molecular complexity index is 1080. The highest BCUT2D eigenvalue weighted by Crippen LogP contribution is 2.37. The maximum atomic E-state index is 14.9. The van der Waals surface area contributed by atoms with Gasteiger partial charge in [-0.3, -0.25) is 14.4 Å². The quantitative estimate of drug-likeness (QED) is 0.618. The van der Waals surface area contributed by atoms with E-state index in [4.69, 9.17) is 0 Å². The lowest BCUT2D eigenvalue weighted by atomic mass is 9.93. The fraction of sp³-hybridized carbons (Fsp3) is 0.286. The van der Waals surface area contributed by atoms with Gasteiger partial charge in [-0.2, -0.15) is 0 Å². The highest BCUT2D eigenvalue weighted by atomic mass is 19.1. The van der Waals surface area contributed by atoms with Crippen molar-refractivity contribution in [2.24, 2.45) is 0 Å². The van der Waals surface area contributed by atoms with Crippen LogP contribution in [0.4, 0.5) is 10.1 Å². The molecule has 27 heavy (non-hydrogen) atoms. The monoisotopic (exact) mass is 366 g/mol. The number of benzene rings is 1. The van der Waals surface area contributed by atoms with Gasteiger partial charge >= 0.3 is 0 Å². The number of amides is 2. The van der Waals surface area contributed by atoms with Crippen molar-refractivity contribution in [1.82, 2.24) is 4.57 Å². The molecule has 0 fully saturated rings. The molecule has 0 N–H and O–H groups in total. The van der Waals surface area contributed by atoms with Crippen LogP contribution in [0.1, 0.15) is 31.2 Å². The second kappa shape index (κ2) is 6.30. The van der Waals surface area contributed by atoms with Crippen LogP contribution in [0.5, 0.6) is 0 Å². The maximum absolute atomic E-state index is 14.9. The number of imide groups is 1. The molecule has 2 heterocycles. The lowest BCUT2D eigenvalue weighted by Crippen LogP contribution is -2.32. The van der Waals surface area contributed by atoms with E-state index in [1.165, 1.54) is 16.7 Å². The standard InChI is InChI=1S/C21H19FN2O3/c1-3-8-23-17-11-18(16(22)10-13(17)9-12(2)19(23)25)24-20(26)14-6-4-5-7-15(14)21(24)27/h3,9-11H,1,4-8H2,2H3. The molecule has 1 aromatic carbocycles. The Hall–Kier alpha value is -3.02. The van der Waals surface area contributed by atoms with Crippen molar-refractivity contribution < 1.29 is 14.0 Å². The molecule has 0 spiro atoms. The van der Waals surface area contributed by atoms with Gasteiger partial charge in [0.15, 0.2) is 0 Å². The van der Waals surface area contributed by atoms with Gasteiger partial charge in [0.05, 0.1) is 11.2 Å². The van der Waals surface area contributed by atoms with Gasteiger partial charge in [0.2, 0.25) is 0 Å². The van der Waals surface area contributed by atoms with E-state index in [9.17, 15) is 18.8 Å². The Morgan fingerprint density at radius 1 is 1.07 bits per heavy atom. The van der Waals surface area contributed by atoms with Crippen LogP contribution in [0.25, 0.3) is 10.9 Å². The van der Waals surface area contributed by atoms with Crippen molar-refractivity contribution in [1.29, 1.82) is 0 Å². The van der Waals surface area contributed by atoms with E-state index < -0.39 is 17.6 Å². The van der Waals surface area contributed by atoms with Crippen LogP contribution in [0.3, 0.4) is 0 Å². The first-order valence-electron chi connectivity index (χ1n) is 8.99. The summed E-state index contributed by atoms with van der Waals surface area (Å²) >= 11 is 0. The maximum Gasteiger partial charge on any atom is 0.261 e. The van der Waals surface area contributed by atoms with Crippen LogP contribution in [-0.4, -0.2) is 16.4 Å². The molecule has 1 aliphatic heterocycles. The van der Waals surface area contributed by atoms with E-state index >= 15 is 0 Å². The molecule has 4 rings (SSSR count). The molecule has 2 amide bonds. The van der Waals surface area contributed by atoms with E-state index in [1.807, 2.05) is 0 Å². The van der Waals surface area contributed by atoms with E-state index in [0.717, 1.165) is 17.7 Å². The summed E-state index contributed by atoms with van der Waals surface area (Å²) in [5.74, 6) is -1.55. The van der Waals surface area contributed by atoms with Crippen molar-refractivity contribution in [2.45, 2.75) is 39.2 Å². The van der Waals surface area contributed by atoms with Gasteiger partial charge in [-0.15, -0.1) is 6.58 Å². The Labute approximate surface area is 155 Å². The molecule has 138 valence electrons. The number of rotatable bonds is 3. The molecule has 1 aliphatic carbocycles. The van der Waals surface area contributed by atoms with Crippen molar-refractivity contribution in [2.75, 3.05) is 4.90 Å². The second-order valence-electron chi connectivity index (χ2n) is 7.00. The fourth-order valence-corrected chi connectivity index (χ4v) is 3.97. The number of hydrogen-bond acceptors (Lipinski definition) is 3. The second-order valence-corrected chi connectivity index (χ2v) is 7.00. The minimum absolute atomic E-state index is 0.104. The van der Waals surface area contributed by atoms with E-state index in [-0.39, 0.29) is 17.8 Å². The lowest BCUT2D eigenvalue weighted by Gasteiger charge is -2.18. The third kappa shape index (κ3) is 2.55. The first-order chi connectivity index (χ1) is 12.9. The summed E-state index contributed by atoms with van der Waals surface area (Å²) in [4.78, 5) is 38.9. The molecule has 0 atom stereocenters. The molecule has 5 nitrogen and oxygen atoms in total. The number of allylic oxidation sites excluding steroid dienone is 1. The average molecular weight is 366 g/mol. The van der Waals surface area contributed by atoms with Gasteiger partial charge in [0, 0.05) is 28.6 Å². The van der Waals surface area contributed by atoms with Gasteiger partial charge in [-0.25, -0.2) is 9.29 Å². The molecular formula is C21H19FN2O3. The lowest BCUT2D eigenvalue weighted by molar-refractivity contribution is -0.120. The number of aromatic nitrogens is 1. The zero-order valence-corrected chi connectivity index (χ0v) is 15.0. The molecular weight excluding hydrogens is 347 g/mol. The number of halogens is 1. The Morgan fingerprint density at radius 3 is 2.30 bits per heavy atom. The summed E-state index contributed by atoms with van der Waals surface area (Å²) in [5, 5.41) is 0.534. The minimum atomic E-state index is -0.660. The number of anilines is 1. The summed E-state index contributed by atoms with van der Waals surface area (Å²) in [7, 11) is 0. The van der Waals surface area contributed by atoms with Crippen LogP contribution in [0.2, 0.25) is 0 Å². The number of carbonyl (C=O) groups is 2. The topological polar surface area (TPSA) is 59.4 Å². The number of aryl methyl sites for hydroxylation is 1. The van der Waals surface area contributed by atoms with Crippen LogP contribution < -0.4 is 10.5 Å². The van der Waals surface area contributed by atoms with Crippen LogP contribution in [0, 0.1) is 12.7 Å².